The zero-order valence-corrected chi connectivity index (χ0v) is 11.0. The number of ether oxygens (including phenoxy) is 2. The fourth-order valence-electron chi connectivity index (χ4n) is 2.30. The predicted molar refractivity (Wildman–Crippen MR) is 66.4 cm³/mol. The number of benzene rings is 1. The highest BCUT2D eigenvalue weighted by Crippen LogP contribution is 2.39. The number of aliphatic hydroxyl groups excluding tert-OH is 1. The second-order valence-electron chi connectivity index (χ2n) is 4.71. The van der Waals surface area contributed by atoms with E-state index in [2.05, 4.69) is 4.74 Å². The first kappa shape index (κ1) is 14.9. The highest BCUT2D eigenvalue weighted by molar-refractivity contribution is 5.91. The largest absolute Gasteiger partial charge is 0.465 e. The van der Waals surface area contributed by atoms with Crippen LogP contribution in [0.15, 0.2) is 24.3 Å². The predicted octanol–water partition coefficient (Wildman–Crippen LogP) is 2.67. The Morgan fingerprint density at radius 2 is 2.15 bits per heavy atom. The van der Waals surface area contributed by atoms with E-state index in [1.165, 1.54) is 19.2 Å². The van der Waals surface area contributed by atoms with Crippen molar-refractivity contribution >= 4 is 5.97 Å². The Morgan fingerprint density at radius 1 is 1.45 bits per heavy atom. The van der Waals surface area contributed by atoms with Gasteiger partial charge in [-0.3, -0.25) is 0 Å². The Labute approximate surface area is 115 Å². The third-order valence-electron chi connectivity index (χ3n) is 3.37. The fourth-order valence-corrected chi connectivity index (χ4v) is 2.30. The van der Waals surface area contributed by atoms with E-state index in [1.54, 1.807) is 12.1 Å². The summed E-state index contributed by atoms with van der Waals surface area (Å²) in [4.78, 5) is 11.6. The molecular formula is C14H16F2O4. The zero-order chi connectivity index (χ0) is 14.8. The van der Waals surface area contributed by atoms with Gasteiger partial charge in [-0.25, -0.2) is 13.6 Å². The highest BCUT2D eigenvalue weighted by atomic mass is 19.3. The summed E-state index contributed by atoms with van der Waals surface area (Å²) >= 11 is 0. The minimum atomic E-state index is -2.94. The number of aliphatic hydroxyl groups is 1. The van der Waals surface area contributed by atoms with E-state index in [1.807, 2.05) is 0 Å². The van der Waals surface area contributed by atoms with Crippen LogP contribution in [0.5, 0.6) is 0 Å². The Bertz CT molecular complexity index is 490. The molecule has 0 aromatic heterocycles. The Kier molecular flexibility index (Phi) is 4.35. The molecule has 1 aromatic carbocycles. The highest BCUT2D eigenvalue weighted by Gasteiger charge is 2.46. The van der Waals surface area contributed by atoms with Gasteiger partial charge in [0.2, 0.25) is 0 Å². The average molecular weight is 286 g/mol. The molecule has 0 spiro atoms. The van der Waals surface area contributed by atoms with E-state index in [0.29, 0.717) is 6.42 Å². The maximum absolute atomic E-state index is 13.5. The molecule has 0 amide bonds. The van der Waals surface area contributed by atoms with Crippen LogP contribution in [0.3, 0.4) is 0 Å². The van der Waals surface area contributed by atoms with Crippen LogP contribution in [0.25, 0.3) is 0 Å². The lowest BCUT2D eigenvalue weighted by Crippen LogP contribution is -2.31. The summed E-state index contributed by atoms with van der Waals surface area (Å²) in [5.74, 6) is -3.59. The standard InChI is InChI=1S/C14H16F2O4/c1-19-12(17)9-5-2-3-6-10(9)13(18)20-11-7-4-8-14(11,15)16/h2-3,5-6,11,13,18H,4,7-8H2,1H3. The minimum absolute atomic E-state index is 0.101. The van der Waals surface area contributed by atoms with Gasteiger partial charge >= 0.3 is 5.97 Å². The number of alkyl halides is 2. The van der Waals surface area contributed by atoms with Crippen LogP contribution in [0.1, 0.15) is 41.5 Å². The lowest BCUT2D eigenvalue weighted by molar-refractivity contribution is -0.202. The minimum Gasteiger partial charge on any atom is -0.465 e. The summed E-state index contributed by atoms with van der Waals surface area (Å²) in [6, 6.07) is 6.07. The van der Waals surface area contributed by atoms with Gasteiger partial charge in [-0.1, -0.05) is 18.2 Å². The third-order valence-corrected chi connectivity index (χ3v) is 3.37. The summed E-state index contributed by atoms with van der Waals surface area (Å²) in [6.45, 7) is 0. The topological polar surface area (TPSA) is 55.8 Å². The average Bonchev–Trinajstić information content (AvgIpc) is 2.77. The number of rotatable bonds is 4. The van der Waals surface area contributed by atoms with Gasteiger partial charge in [-0.15, -0.1) is 0 Å². The van der Waals surface area contributed by atoms with Crippen molar-refractivity contribution in [3.63, 3.8) is 0 Å². The molecule has 1 fully saturated rings. The van der Waals surface area contributed by atoms with E-state index in [-0.39, 0.29) is 24.0 Å². The second-order valence-corrected chi connectivity index (χ2v) is 4.71. The first-order chi connectivity index (χ1) is 9.45. The van der Waals surface area contributed by atoms with Crippen molar-refractivity contribution in [2.75, 3.05) is 7.11 Å². The molecular weight excluding hydrogens is 270 g/mol. The van der Waals surface area contributed by atoms with Crippen LogP contribution in [-0.2, 0) is 9.47 Å². The summed E-state index contributed by atoms with van der Waals surface area (Å²) in [5.41, 5.74) is 0.228. The summed E-state index contributed by atoms with van der Waals surface area (Å²) in [6.07, 6.45) is -2.63. The van der Waals surface area contributed by atoms with Crippen molar-refractivity contribution in [2.24, 2.45) is 0 Å². The van der Waals surface area contributed by atoms with Gasteiger partial charge in [0.1, 0.15) is 6.10 Å². The Hall–Kier alpha value is -1.53. The summed E-state index contributed by atoms with van der Waals surface area (Å²) in [5, 5.41) is 9.98. The van der Waals surface area contributed by atoms with Crippen molar-refractivity contribution in [2.45, 2.75) is 37.6 Å². The van der Waals surface area contributed by atoms with Gasteiger partial charge in [0, 0.05) is 12.0 Å². The molecule has 110 valence electrons. The number of carbonyl (C=O) groups excluding carboxylic acids is 1. The molecule has 6 heteroatoms. The molecule has 2 unspecified atom stereocenters. The lowest BCUT2D eigenvalue weighted by Gasteiger charge is -2.23. The van der Waals surface area contributed by atoms with Crippen LogP contribution in [-0.4, -0.2) is 30.2 Å². The Balaban J connectivity index is 2.17. The zero-order valence-electron chi connectivity index (χ0n) is 11.0. The number of hydrogen-bond donors (Lipinski definition) is 1. The number of hydrogen-bond acceptors (Lipinski definition) is 4. The number of methoxy groups -OCH3 is 1. The van der Waals surface area contributed by atoms with Crippen LogP contribution >= 0.6 is 0 Å². The van der Waals surface area contributed by atoms with Crippen molar-refractivity contribution in [1.29, 1.82) is 0 Å². The fraction of sp³-hybridized carbons (Fsp3) is 0.500. The first-order valence-electron chi connectivity index (χ1n) is 6.34. The summed E-state index contributed by atoms with van der Waals surface area (Å²) < 4.78 is 36.6. The molecule has 1 saturated carbocycles. The molecule has 2 atom stereocenters. The molecule has 0 radical (unpaired) electrons. The van der Waals surface area contributed by atoms with E-state index in [4.69, 9.17) is 4.74 Å². The smallest absolute Gasteiger partial charge is 0.338 e. The molecule has 1 aliphatic carbocycles. The van der Waals surface area contributed by atoms with E-state index in [9.17, 15) is 18.7 Å². The van der Waals surface area contributed by atoms with Crippen molar-refractivity contribution in [3.8, 4) is 0 Å². The molecule has 4 nitrogen and oxygen atoms in total. The third kappa shape index (κ3) is 2.96. The van der Waals surface area contributed by atoms with Crippen molar-refractivity contribution < 1.29 is 28.2 Å². The Morgan fingerprint density at radius 3 is 2.75 bits per heavy atom. The second kappa shape index (κ2) is 5.85. The normalized spacial score (nSPS) is 22.5. The van der Waals surface area contributed by atoms with Crippen LogP contribution in [0, 0.1) is 0 Å². The van der Waals surface area contributed by atoms with Gasteiger partial charge in [-0.05, 0) is 18.9 Å². The number of halogens is 2. The van der Waals surface area contributed by atoms with Gasteiger partial charge in [0.25, 0.3) is 5.92 Å². The van der Waals surface area contributed by atoms with Gasteiger partial charge in [0.15, 0.2) is 6.29 Å². The molecule has 0 heterocycles. The molecule has 1 aliphatic rings. The lowest BCUT2D eigenvalue weighted by atomic mass is 10.1. The quantitative estimate of drug-likeness (QED) is 0.683. The van der Waals surface area contributed by atoms with E-state index >= 15 is 0 Å². The maximum atomic E-state index is 13.5. The molecule has 1 aromatic rings. The van der Waals surface area contributed by atoms with Gasteiger partial charge < -0.3 is 14.6 Å². The van der Waals surface area contributed by atoms with Crippen LogP contribution < -0.4 is 0 Å². The van der Waals surface area contributed by atoms with Crippen LogP contribution in [0.4, 0.5) is 8.78 Å². The van der Waals surface area contributed by atoms with E-state index < -0.39 is 24.3 Å². The number of carbonyl (C=O) groups is 1. The molecule has 0 saturated heterocycles. The van der Waals surface area contributed by atoms with Crippen LogP contribution in [0.2, 0.25) is 0 Å². The van der Waals surface area contributed by atoms with Gasteiger partial charge in [-0.2, -0.15) is 0 Å². The molecule has 20 heavy (non-hydrogen) atoms. The molecule has 2 rings (SSSR count). The summed E-state index contributed by atoms with van der Waals surface area (Å²) in [7, 11) is 1.21. The van der Waals surface area contributed by atoms with Crippen molar-refractivity contribution in [3.05, 3.63) is 35.4 Å². The molecule has 0 aliphatic heterocycles. The SMILES string of the molecule is COC(=O)c1ccccc1C(O)OC1CCCC1(F)F. The first-order valence-corrected chi connectivity index (χ1v) is 6.34. The van der Waals surface area contributed by atoms with E-state index in [0.717, 1.165) is 0 Å². The monoisotopic (exact) mass is 286 g/mol. The van der Waals surface area contributed by atoms with Gasteiger partial charge in [0.05, 0.1) is 12.7 Å². The number of esters is 1. The van der Waals surface area contributed by atoms with Crippen molar-refractivity contribution in [1.82, 2.24) is 0 Å². The molecule has 0 bridgehead atoms. The maximum Gasteiger partial charge on any atom is 0.338 e. The molecule has 1 N–H and O–H groups in total.